The maximum atomic E-state index is 15.0. The number of amides is 1. The number of aliphatic hydroxyl groups is 1. The molecule has 180 valence electrons. The first-order valence-corrected chi connectivity index (χ1v) is 11.1. The number of aliphatic hydroxyl groups excluding tert-OH is 1. The van der Waals surface area contributed by atoms with Crippen molar-refractivity contribution in [3.63, 3.8) is 0 Å². The van der Waals surface area contributed by atoms with Crippen LogP contribution in [0.3, 0.4) is 0 Å². The van der Waals surface area contributed by atoms with E-state index in [4.69, 9.17) is 5.11 Å². The molecule has 0 radical (unpaired) electrons. The summed E-state index contributed by atoms with van der Waals surface area (Å²) in [5, 5.41) is 12.8. The fraction of sp³-hybridized carbons (Fsp3) is 0.400. The quantitative estimate of drug-likeness (QED) is 0.529. The SMILES string of the molecule is CCN1C(=O)C(C)(C)c2cc3c(NC(C)c4cccc(C(F)(F)CO)c4F)nc(C)nc3cc21. The van der Waals surface area contributed by atoms with Crippen LogP contribution in [0.1, 0.15) is 56.3 Å². The average molecular weight is 473 g/mol. The molecule has 4 rings (SSSR count). The number of halogens is 3. The van der Waals surface area contributed by atoms with E-state index in [1.165, 1.54) is 12.1 Å². The Morgan fingerprint density at radius 3 is 2.59 bits per heavy atom. The van der Waals surface area contributed by atoms with Gasteiger partial charge in [-0.1, -0.05) is 12.1 Å². The summed E-state index contributed by atoms with van der Waals surface area (Å²) in [6.45, 7) is 8.04. The molecule has 1 aliphatic heterocycles. The summed E-state index contributed by atoms with van der Waals surface area (Å²) in [7, 11) is 0. The summed E-state index contributed by atoms with van der Waals surface area (Å²) >= 11 is 0. The third-order valence-corrected chi connectivity index (χ3v) is 6.43. The van der Waals surface area contributed by atoms with Gasteiger partial charge in [0.05, 0.1) is 28.2 Å². The van der Waals surface area contributed by atoms with E-state index in [1.807, 2.05) is 32.9 Å². The minimum Gasteiger partial charge on any atom is -0.390 e. The van der Waals surface area contributed by atoms with Crippen LogP contribution in [0.5, 0.6) is 0 Å². The van der Waals surface area contributed by atoms with Crippen molar-refractivity contribution in [2.75, 3.05) is 23.4 Å². The molecule has 0 saturated carbocycles. The topological polar surface area (TPSA) is 78.4 Å². The number of fused-ring (bicyclic) bond motifs is 2. The smallest absolute Gasteiger partial charge is 0.298 e. The van der Waals surface area contributed by atoms with Crippen molar-refractivity contribution in [2.45, 2.75) is 52.0 Å². The number of carbonyl (C=O) groups excluding carboxylic acids is 1. The summed E-state index contributed by atoms with van der Waals surface area (Å²) < 4.78 is 43.0. The van der Waals surface area contributed by atoms with Crippen molar-refractivity contribution in [3.05, 3.63) is 58.7 Å². The lowest BCUT2D eigenvalue weighted by atomic mass is 9.85. The number of hydrogen-bond donors (Lipinski definition) is 2. The Morgan fingerprint density at radius 1 is 1.24 bits per heavy atom. The highest BCUT2D eigenvalue weighted by Gasteiger charge is 2.43. The summed E-state index contributed by atoms with van der Waals surface area (Å²) in [6, 6.07) is 6.72. The highest BCUT2D eigenvalue weighted by atomic mass is 19.3. The Hall–Kier alpha value is -3.20. The highest BCUT2D eigenvalue weighted by molar-refractivity contribution is 6.10. The van der Waals surface area contributed by atoms with Gasteiger partial charge < -0.3 is 15.3 Å². The second-order valence-electron chi connectivity index (χ2n) is 9.12. The standard InChI is InChI=1S/C25H27F3N4O2/c1-6-32-20-11-19-16(10-18(20)24(4,5)23(32)34)22(31-14(3)30-19)29-13(2)15-8-7-9-17(21(15)26)25(27,28)12-33/h7-11,13,33H,6,12H2,1-5H3,(H,29,30,31). The van der Waals surface area contributed by atoms with Crippen molar-refractivity contribution in [1.29, 1.82) is 0 Å². The number of likely N-dealkylation sites (N-methyl/N-ethyl adjacent to an activating group) is 1. The van der Waals surface area contributed by atoms with Gasteiger partial charge in [0, 0.05) is 17.5 Å². The molecule has 0 spiro atoms. The van der Waals surface area contributed by atoms with E-state index in [0.29, 0.717) is 29.1 Å². The van der Waals surface area contributed by atoms with Gasteiger partial charge in [-0.3, -0.25) is 4.79 Å². The molecule has 0 aliphatic carbocycles. The molecule has 1 aliphatic rings. The van der Waals surface area contributed by atoms with E-state index in [1.54, 1.807) is 18.7 Å². The second kappa shape index (κ2) is 8.23. The molecule has 9 heteroatoms. The first kappa shape index (κ1) is 23.9. The molecule has 2 heterocycles. The van der Waals surface area contributed by atoms with Crippen LogP contribution in [0.15, 0.2) is 30.3 Å². The molecule has 1 atom stereocenters. The lowest BCUT2D eigenvalue weighted by Gasteiger charge is -2.21. The third kappa shape index (κ3) is 3.68. The van der Waals surface area contributed by atoms with Gasteiger partial charge in [-0.15, -0.1) is 0 Å². The van der Waals surface area contributed by atoms with Crippen molar-refractivity contribution in [2.24, 2.45) is 0 Å². The van der Waals surface area contributed by atoms with E-state index in [2.05, 4.69) is 15.3 Å². The molecule has 1 amide bonds. The Bertz CT molecular complexity index is 1290. The third-order valence-electron chi connectivity index (χ3n) is 6.43. The number of anilines is 2. The molecule has 0 bridgehead atoms. The summed E-state index contributed by atoms with van der Waals surface area (Å²) in [6.07, 6.45) is 0. The Morgan fingerprint density at radius 2 is 1.94 bits per heavy atom. The van der Waals surface area contributed by atoms with Crippen LogP contribution < -0.4 is 10.2 Å². The van der Waals surface area contributed by atoms with E-state index < -0.39 is 35.4 Å². The van der Waals surface area contributed by atoms with E-state index in [9.17, 15) is 13.6 Å². The predicted molar refractivity (Wildman–Crippen MR) is 125 cm³/mol. The number of nitrogens with one attached hydrogen (secondary N) is 1. The van der Waals surface area contributed by atoms with Gasteiger partial charge in [0.2, 0.25) is 5.91 Å². The van der Waals surface area contributed by atoms with Gasteiger partial charge in [0.1, 0.15) is 24.1 Å². The lowest BCUT2D eigenvalue weighted by molar-refractivity contribution is -0.122. The van der Waals surface area contributed by atoms with Crippen LogP contribution in [0.2, 0.25) is 0 Å². The molecule has 0 saturated heterocycles. The van der Waals surface area contributed by atoms with Gasteiger partial charge in [0.15, 0.2) is 0 Å². The van der Waals surface area contributed by atoms with Gasteiger partial charge in [-0.25, -0.2) is 14.4 Å². The molecule has 6 nitrogen and oxygen atoms in total. The largest absolute Gasteiger partial charge is 0.390 e. The van der Waals surface area contributed by atoms with Gasteiger partial charge in [0.25, 0.3) is 5.92 Å². The number of hydrogen-bond acceptors (Lipinski definition) is 5. The van der Waals surface area contributed by atoms with Crippen LogP contribution in [0.25, 0.3) is 10.9 Å². The summed E-state index contributed by atoms with van der Waals surface area (Å²) in [5.74, 6) is -3.90. The Balaban J connectivity index is 1.81. The lowest BCUT2D eigenvalue weighted by Crippen LogP contribution is -2.35. The Labute approximate surface area is 195 Å². The number of alkyl halides is 2. The number of aromatic nitrogens is 2. The van der Waals surface area contributed by atoms with Crippen LogP contribution in [-0.4, -0.2) is 34.1 Å². The minimum atomic E-state index is -3.69. The van der Waals surface area contributed by atoms with Crippen molar-refractivity contribution in [3.8, 4) is 0 Å². The zero-order chi connectivity index (χ0) is 25.0. The number of aryl methyl sites for hydroxylation is 1. The molecular weight excluding hydrogens is 445 g/mol. The van der Waals surface area contributed by atoms with Gasteiger partial charge in [-0.05, 0) is 58.4 Å². The summed E-state index contributed by atoms with van der Waals surface area (Å²) in [4.78, 5) is 23.7. The Kier molecular flexibility index (Phi) is 5.80. The molecule has 3 aromatic rings. The average Bonchev–Trinajstić information content (AvgIpc) is 2.96. The van der Waals surface area contributed by atoms with Crippen LogP contribution >= 0.6 is 0 Å². The zero-order valence-electron chi connectivity index (χ0n) is 19.7. The van der Waals surface area contributed by atoms with Gasteiger partial charge >= 0.3 is 0 Å². The number of benzene rings is 2. The number of carbonyl (C=O) groups is 1. The van der Waals surface area contributed by atoms with Crippen LogP contribution in [-0.2, 0) is 16.1 Å². The first-order valence-electron chi connectivity index (χ1n) is 11.1. The second-order valence-corrected chi connectivity index (χ2v) is 9.12. The maximum absolute atomic E-state index is 15.0. The summed E-state index contributed by atoms with van der Waals surface area (Å²) in [5.41, 5.74) is 0.680. The molecule has 0 fully saturated rings. The molecule has 1 unspecified atom stereocenters. The molecule has 34 heavy (non-hydrogen) atoms. The molecular formula is C25H27F3N4O2. The fourth-order valence-corrected chi connectivity index (χ4v) is 4.53. The fourth-order valence-electron chi connectivity index (χ4n) is 4.53. The van der Waals surface area contributed by atoms with E-state index in [-0.39, 0.29) is 11.5 Å². The first-order chi connectivity index (χ1) is 15.9. The van der Waals surface area contributed by atoms with E-state index >= 15 is 4.39 Å². The number of nitrogens with zero attached hydrogens (tertiary/aromatic N) is 3. The van der Waals surface area contributed by atoms with Crippen molar-refractivity contribution in [1.82, 2.24) is 9.97 Å². The van der Waals surface area contributed by atoms with Crippen molar-refractivity contribution >= 4 is 28.3 Å². The van der Waals surface area contributed by atoms with Crippen LogP contribution in [0, 0.1) is 12.7 Å². The normalized spacial score (nSPS) is 16.1. The van der Waals surface area contributed by atoms with Gasteiger partial charge in [-0.2, -0.15) is 8.78 Å². The predicted octanol–water partition coefficient (Wildman–Crippen LogP) is 4.98. The van der Waals surface area contributed by atoms with Crippen molar-refractivity contribution < 1.29 is 23.1 Å². The van der Waals surface area contributed by atoms with Crippen LogP contribution in [0.4, 0.5) is 24.7 Å². The number of rotatable bonds is 6. The maximum Gasteiger partial charge on any atom is 0.298 e. The minimum absolute atomic E-state index is 0.00318. The molecule has 1 aromatic heterocycles. The van der Waals surface area contributed by atoms with E-state index in [0.717, 1.165) is 17.3 Å². The zero-order valence-corrected chi connectivity index (χ0v) is 19.7. The monoisotopic (exact) mass is 472 g/mol. The molecule has 2 N–H and O–H groups in total. The highest BCUT2D eigenvalue weighted by Crippen LogP contribution is 2.44. The molecule has 2 aromatic carbocycles.